The Morgan fingerprint density at radius 2 is 2.12 bits per heavy atom. The van der Waals surface area contributed by atoms with Crippen LogP contribution in [-0.4, -0.2) is 42.2 Å². The number of hydrogen-bond donors (Lipinski definition) is 2. The third-order valence-electron chi connectivity index (χ3n) is 4.48. The van der Waals surface area contributed by atoms with Gasteiger partial charge in [-0.15, -0.1) is 0 Å². The van der Waals surface area contributed by atoms with Gasteiger partial charge in [0.15, 0.2) is 11.5 Å². The summed E-state index contributed by atoms with van der Waals surface area (Å²) >= 11 is 6.08. The zero-order chi connectivity index (χ0) is 18.0. The quantitative estimate of drug-likeness (QED) is 0.883. The highest BCUT2D eigenvalue weighted by Gasteiger charge is 2.25. The first kappa shape index (κ1) is 17.6. The Hall–Kier alpha value is -2.24. The number of carbonyl (C=O) groups excluding carboxylic acids is 1. The number of amides is 1. The number of likely N-dealkylation sites (N-methyl/N-ethyl adjacent to an activating group) is 1. The molecule has 0 saturated carbocycles. The van der Waals surface area contributed by atoms with E-state index < -0.39 is 0 Å². The van der Waals surface area contributed by atoms with Gasteiger partial charge in [-0.2, -0.15) is 0 Å². The molecule has 1 heterocycles. The Bertz CT molecular complexity index is 794. The summed E-state index contributed by atoms with van der Waals surface area (Å²) in [4.78, 5) is 14.0. The van der Waals surface area contributed by atoms with E-state index in [9.17, 15) is 9.90 Å². The lowest BCUT2D eigenvalue weighted by Gasteiger charge is -2.25. The second-order valence-electron chi connectivity index (χ2n) is 6.10. The van der Waals surface area contributed by atoms with Crippen molar-refractivity contribution in [2.75, 3.05) is 20.2 Å². The van der Waals surface area contributed by atoms with Gasteiger partial charge in [-0.05, 0) is 42.3 Å². The fourth-order valence-corrected chi connectivity index (χ4v) is 3.25. The van der Waals surface area contributed by atoms with Crippen LogP contribution in [0.2, 0.25) is 5.02 Å². The Labute approximate surface area is 152 Å². The first-order valence-corrected chi connectivity index (χ1v) is 8.57. The van der Waals surface area contributed by atoms with Crippen molar-refractivity contribution in [3.05, 3.63) is 47.0 Å². The Morgan fingerprint density at radius 3 is 2.84 bits per heavy atom. The van der Waals surface area contributed by atoms with Crippen molar-refractivity contribution in [2.24, 2.45) is 0 Å². The molecule has 1 aliphatic rings. The molecule has 3 rings (SSSR count). The van der Waals surface area contributed by atoms with Crippen molar-refractivity contribution in [2.45, 2.75) is 19.5 Å². The predicted octanol–water partition coefficient (Wildman–Crippen LogP) is 3.04. The summed E-state index contributed by atoms with van der Waals surface area (Å²) in [5.74, 6) is 0.540. The molecule has 2 aromatic rings. The molecule has 25 heavy (non-hydrogen) atoms. The SMILES string of the molecule is CNC(=O)C(C)N1CCOc2c(O)cc(-c3cccc(Cl)c3)cc2C1. The van der Waals surface area contributed by atoms with E-state index in [1.807, 2.05) is 42.2 Å². The first-order chi connectivity index (χ1) is 12.0. The molecule has 0 aliphatic carbocycles. The van der Waals surface area contributed by atoms with Gasteiger partial charge >= 0.3 is 0 Å². The van der Waals surface area contributed by atoms with E-state index in [-0.39, 0.29) is 17.7 Å². The minimum Gasteiger partial charge on any atom is -0.504 e. The van der Waals surface area contributed by atoms with E-state index in [4.69, 9.17) is 16.3 Å². The largest absolute Gasteiger partial charge is 0.504 e. The molecule has 0 bridgehead atoms. The first-order valence-electron chi connectivity index (χ1n) is 8.20. The van der Waals surface area contributed by atoms with Gasteiger partial charge in [-0.3, -0.25) is 9.69 Å². The molecule has 0 spiro atoms. The number of hydrogen-bond acceptors (Lipinski definition) is 4. The molecule has 0 radical (unpaired) electrons. The number of phenols is 1. The maximum atomic E-state index is 12.0. The van der Waals surface area contributed by atoms with Crippen molar-refractivity contribution >= 4 is 17.5 Å². The molecule has 1 amide bonds. The summed E-state index contributed by atoms with van der Waals surface area (Å²) in [6.45, 7) is 3.41. The molecule has 2 aromatic carbocycles. The maximum Gasteiger partial charge on any atom is 0.236 e. The van der Waals surface area contributed by atoms with Gasteiger partial charge in [0.2, 0.25) is 5.91 Å². The standard InChI is InChI=1S/C19H21ClN2O3/c1-12(19(24)21-2)22-6-7-25-18-15(11-22)8-14(10-17(18)23)13-4-3-5-16(20)9-13/h3-5,8-10,12,23H,6-7,11H2,1-2H3,(H,21,24). The van der Waals surface area contributed by atoms with Gasteiger partial charge in [-0.1, -0.05) is 23.7 Å². The van der Waals surface area contributed by atoms with Gasteiger partial charge < -0.3 is 15.2 Å². The minimum atomic E-state index is -0.281. The van der Waals surface area contributed by atoms with Crippen molar-refractivity contribution in [3.8, 4) is 22.6 Å². The van der Waals surface area contributed by atoms with E-state index >= 15 is 0 Å². The van der Waals surface area contributed by atoms with E-state index in [2.05, 4.69) is 5.32 Å². The van der Waals surface area contributed by atoms with Gasteiger partial charge in [0.25, 0.3) is 0 Å². The highest BCUT2D eigenvalue weighted by molar-refractivity contribution is 6.30. The van der Waals surface area contributed by atoms with Crippen molar-refractivity contribution in [3.63, 3.8) is 0 Å². The number of ether oxygens (including phenoxy) is 1. The molecular formula is C19H21ClN2O3. The molecule has 132 valence electrons. The molecule has 2 N–H and O–H groups in total. The van der Waals surface area contributed by atoms with E-state index in [0.717, 1.165) is 16.7 Å². The van der Waals surface area contributed by atoms with E-state index in [1.54, 1.807) is 13.1 Å². The number of benzene rings is 2. The summed E-state index contributed by atoms with van der Waals surface area (Å²) in [6, 6.07) is 10.9. The molecule has 0 fully saturated rings. The summed E-state index contributed by atoms with van der Waals surface area (Å²) < 4.78 is 5.74. The second-order valence-corrected chi connectivity index (χ2v) is 6.54. The molecule has 0 aromatic heterocycles. The van der Waals surface area contributed by atoms with Crippen LogP contribution >= 0.6 is 11.6 Å². The third-order valence-corrected chi connectivity index (χ3v) is 4.71. The number of phenolic OH excluding ortho intramolecular Hbond substituents is 1. The highest BCUT2D eigenvalue weighted by Crippen LogP contribution is 2.38. The second kappa shape index (κ2) is 7.33. The van der Waals surface area contributed by atoms with Crippen molar-refractivity contribution in [1.29, 1.82) is 0 Å². The van der Waals surface area contributed by atoms with Crippen LogP contribution in [-0.2, 0) is 11.3 Å². The summed E-state index contributed by atoms with van der Waals surface area (Å²) in [5, 5.41) is 13.7. The Balaban J connectivity index is 1.97. The fraction of sp³-hybridized carbons (Fsp3) is 0.316. The molecule has 5 nitrogen and oxygen atoms in total. The van der Waals surface area contributed by atoms with Crippen LogP contribution in [0, 0.1) is 0 Å². The van der Waals surface area contributed by atoms with Crippen LogP contribution in [0.1, 0.15) is 12.5 Å². The lowest BCUT2D eigenvalue weighted by atomic mass is 10.0. The van der Waals surface area contributed by atoms with Crippen LogP contribution in [0.4, 0.5) is 0 Å². The normalized spacial score (nSPS) is 15.6. The van der Waals surface area contributed by atoms with Gasteiger partial charge in [0.1, 0.15) is 6.61 Å². The van der Waals surface area contributed by atoms with Crippen LogP contribution < -0.4 is 10.1 Å². The fourth-order valence-electron chi connectivity index (χ4n) is 3.06. The molecular weight excluding hydrogens is 340 g/mol. The van der Waals surface area contributed by atoms with Gasteiger partial charge in [0.05, 0.1) is 6.04 Å². The van der Waals surface area contributed by atoms with Crippen molar-refractivity contribution in [1.82, 2.24) is 10.2 Å². The summed E-state index contributed by atoms with van der Waals surface area (Å²) in [6.07, 6.45) is 0. The number of aromatic hydroxyl groups is 1. The van der Waals surface area contributed by atoms with Gasteiger partial charge in [-0.25, -0.2) is 0 Å². The summed E-state index contributed by atoms with van der Waals surface area (Å²) in [7, 11) is 1.63. The molecule has 1 aliphatic heterocycles. The highest BCUT2D eigenvalue weighted by atomic mass is 35.5. The topological polar surface area (TPSA) is 61.8 Å². The Morgan fingerprint density at radius 1 is 1.32 bits per heavy atom. The zero-order valence-corrected chi connectivity index (χ0v) is 15.0. The molecule has 1 unspecified atom stereocenters. The number of rotatable bonds is 3. The van der Waals surface area contributed by atoms with Crippen LogP contribution in [0.25, 0.3) is 11.1 Å². The monoisotopic (exact) mass is 360 g/mol. The number of carbonyl (C=O) groups is 1. The number of nitrogens with zero attached hydrogens (tertiary/aromatic N) is 1. The zero-order valence-electron chi connectivity index (χ0n) is 14.3. The molecule has 1 atom stereocenters. The summed E-state index contributed by atoms with van der Waals surface area (Å²) in [5.41, 5.74) is 2.63. The molecule has 6 heteroatoms. The number of nitrogens with one attached hydrogen (secondary N) is 1. The lowest BCUT2D eigenvalue weighted by molar-refractivity contribution is -0.125. The number of halogens is 1. The van der Waals surface area contributed by atoms with Gasteiger partial charge in [0, 0.05) is 30.7 Å². The molecule has 0 saturated heterocycles. The number of fused-ring (bicyclic) bond motifs is 1. The van der Waals surface area contributed by atoms with Crippen molar-refractivity contribution < 1.29 is 14.6 Å². The van der Waals surface area contributed by atoms with Crippen LogP contribution in [0.3, 0.4) is 0 Å². The maximum absolute atomic E-state index is 12.0. The smallest absolute Gasteiger partial charge is 0.236 e. The van der Waals surface area contributed by atoms with E-state index in [1.165, 1.54) is 0 Å². The van der Waals surface area contributed by atoms with Crippen LogP contribution in [0.5, 0.6) is 11.5 Å². The Kier molecular flexibility index (Phi) is 5.16. The lowest BCUT2D eigenvalue weighted by Crippen LogP contribution is -2.44. The van der Waals surface area contributed by atoms with Crippen LogP contribution in [0.15, 0.2) is 36.4 Å². The minimum absolute atomic E-state index is 0.0429. The third kappa shape index (κ3) is 3.72. The average molecular weight is 361 g/mol. The predicted molar refractivity (Wildman–Crippen MR) is 98.0 cm³/mol. The average Bonchev–Trinajstić information content (AvgIpc) is 2.83. The van der Waals surface area contributed by atoms with E-state index in [0.29, 0.717) is 30.5 Å².